The van der Waals surface area contributed by atoms with Crippen molar-refractivity contribution in [3.05, 3.63) is 71.0 Å². The molecule has 0 unspecified atom stereocenters. The number of aromatic nitrogens is 3. The summed E-state index contributed by atoms with van der Waals surface area (Å²) in [6, 6.07) is 15.9. The van der Waals surface area contributed by atoms with Crippen molar-refractivity contribution in [1.29, 1.82) is 0 Å². The summed E-state index contributed by atoms with van der Waals surface area (Å²) in [6.07, 6.45) is 1.35. The molecule has 0 aliphatic heterocycles. The normalized spacial score (nSPS) is 16.9. The van der Waals surface area contributed by atoms with Gasteiger partial charge in [-0.05, 0) is 71.1 Å². The molecule has 1 aromatic carbocycles. The molecule has 1 fully saturated rings. The molecule has 9 heteroatoms. The molecule has 38 heavy (non-hydrogen) atoms. The largest absolute Gasteiger partial charge is 0.444 e. The van der Waals surface area contributed by atoms with Gasteiger partial charge in [0, 0.05) is 43.6 Å². The Labute approximate surface area is 224 Å². The van der Waals surface area contributed by atoms with Gasteiger partial charge in [-0.15, -0.1) is 0 Å². The molecule has 1 saturated carbocycles. The maximum atomic E-state index is 13.4. The van der Waals surface area contributed by atoms with Crippen LogP contribution in [-0.4, -0.2) is 45.0 Å². The van der Waals surface area contributed by atoms with Gasteiger partial charge in [-0.1, -0.05) is 30.3 Å². The number of pyridine rings is 1. The molecule has 2 aromatic heterocycles. The van der Waals surface area contributed by atoms with E-state index >= 15 is 0 Å². The number of nitrogens with one attached hydrogen (secondary N) is 2. The van der Waals surface area contributed by atoms with E-state index in [0.29, 0.717) is 36.2 Å². The van der Waals surface area contributed by atoms with Gasteiger partial charge >= 0.3 is 6.09 Å². The van der Waals surface area contributed by atoms with Gasteiger partial charge in [0.2, 0.25) is 0 Å². The smallest absolute Gasteiger partial charge is 0.407 e. The number of rotatable bonds is 8. The van der Waals surface area contributed by atoms with E-state index in [-0.39, 0.29) is 11.9 Å². The number of amides is 2. The molecule has 0 atom stereocenters. The number of nitrogens with zero attached hydrogens (tertiary/aromatic N) is 4. The lowest BCUT2D eigenvalue weighted by molar-refractivity contribution is 0.0506. The van der Waals surface area contributed by atoms with Gasteiger partial charge in [0.1, 0.15) is 11.4 Å². The van der Waals surface area contributed by atoms with E-state index in [1.165, 1.54) is 0 Å². The number of anilines is 2. The van der Waals surface area contributed by atoms with Crippen LogP contribution in [-0.2, 0) is 18.3 Å². The highest BCUT2D eigenvalue weighted by molar-refractivity contribution is 6.07. The van der Waals surface area contributed by atoms with Gasteiger partial charge in [-0.25, -0.2) is 9.78 Å². The second-order valence-electron chi connectivity index (χ2n) is 11.1. The summed E-state index contributed by atoms with van der Waals surface area (Å²) in [5.74, 6) is 1.24. The first-order valence-electron chi connectivity index (χ1n) is 13.1. The van der Waals surface area contributed by atoms with Gasteiger partial charge in [0.25, 0.3) is 5.91 Å². The van der Waals surface area contributed by atoms with Crippen molar-refractivity contribution >= 4 is 23.6 Å². The van der Waals surface area contributed by atoms with E-state index in [1.54, 1.807) is 4.68 Å². The Hall–Kier alpha value is -3.88. The zero-order valence-electron chi connectivity index (χ0n) is 23.1. The fourth-order valence-electron chi connectivity index (χ4n) is 4.57. The summed E-state index contributed by atoms with van der Waals surface area (Å²) in [7, 11) is 1.84. The van der Waals surface area contributed by atoms with Gasteiger partial charge < -0.3 is 20.3 Å². The predicted molar refractivity (Wildman–Crippen MR) is 148 cm³/mol. The molecule has 9 nitrogen and oxygen atoms in total. The van der Waals surface area contributed by atoms with Gasteiger partial charge in [-0.2, -0.15) is 5.10 Å². The van der Waals surface area contributed by atoms with E-state index in [1.807, 2.05) is 78.1 Å². The Morgan fingerprint density at radius 3 is 2.45 bits per heavy atom. The lowest BCUT2D eigenvalue weighted by Crippen LogP contribution is -2.49. The fraction of sp³-hybridized carbons (Fsp3) is 0.448. The van der Waals surface area contributed by atoms with Crippen LogP contribution in [0.1, 0.15) is 60.9 Å². The third-order valence-corrected chi connectivity index (χ3v) is 6.67. The summed E-state index contributed by atoms with van der Waals surface area (Å²) in [5.41, 5.74) is 2.91. The van der Waals surface area contributed by atoms with Crippen LogP contribution in [0.4, 0.5) is 16.4 Å². The third kappa shape index (κ3) is 6.90. The zero-order valence-corrected chi connectivity index (χ0v) is 23.1. The first-order chi connectivity index (χ1) is 18.0. The highest BCUT2D eigenvalue weighted by atomic mass is 16.6. The van der Waals surface area contributed by atoms with Crippen molar-refractivity contribution in [2.45, 2.75) is 65.6 Å². The molecular weight excluding hydrogens is 480 g/mol. The molecular formula is C29H38N6O3. The topological polar surface area (TPSA) is 101 Å². The van der Waals surface area contributed by atoms with Crippen LogP contribution in [0.25, 0.3) is 0 Å². The summed E-state index contributed by atoms with van der Waals surface area (Å²) in [6.45, 7) is 10.6. The number of benzene rings is 1. The minimum Gasteiger partial charge on any atom is -0.444 e. The van der Waals surface area contributed by atoms with Crippen molar-refractivity contribution in [3.63, 3.8) is 0 Å². The van der Waals surface area contributed by atoms with Crippen LogP contribution >= 0.6 is 0 Å². The Morgan fingerprint density at radius 1 is 1.11 bits per heavy atom. The minimum absolute atomic E-state index is 0.179. The molecule has 4 rings (SSSR count). The van der Waals surface area contributed by atoms with Crippen LogP contribution in [0.15, 0.2) is 48.5 Å². The average Bonchev–Trinajstić information content (AvgIpc) is 3.12. The van der Waals surface area contributed by atoms with E-state index in [4.69, 9.17) is 9.72 Å². The van der Waals surface area contributed by atoms with Crippen LogP contribution in [0.2, 0.25) is 0 Å². The standard InChI is InChI=1S/C29H38N6O3/c1-19-12-13-24(27(36)32-25-14-20(2)34(6)33-25)26(31-19)35(18-21-10-8-7-9-11-21)23-15-22(16-23)17-30-28(37)38-29(3,4)5/h7-14,22-23H,15-18H2,1-6H3,(H,30,37)(H,32,33,36). The average molecular weight is 519 g/mol. The molecule has 3 aromatic rings. The molecule has 0 radical (unpaired) electrons. The number of hydrogen-bond donors (Lipinski definition) is 2. The molecule has 2 N–H and O–H groups in total. The Bertz CT molecular complexity index is 1260. The van der Waals surface area contributed by atoms with Gasteiger partial charge in [-0.3, -0.25) is 9.48 Å². The van der Waals surface area contributed by atoms with Crippen LogP contribution in [0.3, 0.4) is 0 Å². The predicted octanol–water partition coefficient (Wildman–Crippen LogP) is 4.99. The van der Waals surface area contributed by atoms with Crippen molar-refractivity contribution < 1.29 is 14.3 Å². The molecule has 1 aliphatic carbocycles. The molecule has 202 valence electrons. The maximum Gasteiger partial charge on any atom is 0.407 e. The Kier molecular flexibility index (Phi) is 8.04. The lowest BCUT2D eigenvalue weighted by Gasteiger charge is -2.44. The molecule has 0 spiro atoms. The quantitative estimate of drug-likeness (QED) is 0.436. The number of aryl methyl sites for hydroxylation is 3. The first-order valence-corrected chi connectivity index (χ1v) is 13.1. The van der Waals surface area contributed by atoms with Gasteiger partial charge in [0.15, 0.2) is 5.82 Å². The van der Waals surface area contributed by atoms with E-state index in [2.05, 4.69) is 32.8 Å². The number of carbonyl (C=O) groups is 2. The van der Waals surface area contributed by atoms with Crippen LogP contribution in [0.5, 0.6) is 0 Å². The molecule has 1 aliphatic rings. The molecule has 2 amide bonds. The summed E-state index contributed by atoms with van der Waals surface area (Å²) in [5, 5.41) is 10.2. The molecule has 2 heterocycles. The maximum absolute atomic E-state index is 13.4. The van der Waals surface area contributed by atoms with E-state index < -0.39 is 11.7 Å². The van der Waals surface area contributed by atoms with Crippen LogP contribution in [0, 0.1) is 19.8 Å². The number of hydrogen-bond acceptors (Lipinski definition) is 6. The second-order valence-corrected chi connectivity index (χ2v) is 11.1. The van der Waals surface area contributed by atoms with E-state index in [0.717, 1.165) is 29.8 Å². The highest BCUT2D eigenvalue weighted by Crippen LogP contribution is 2.36. The lowest BCUT2D eigenvalue weighted by atomic mass is 9.79. The fourth-order valence-corrected chi connectivity index (χ4v) is 4.57. The summed E-state index contributed by atoms with van der Waals surface area (Å²) >= 11 is 0. The van der Waals surface area contributed by atoms with Crippen molar-refractivity contribution in [1.82, 2.24) is 20.1 Å². The first kappa shape index (κ1) is 27.2. The SMILES string of the molecule is Cc1ccc(C(=O)Nc2cc(C)n(C)n2)c(N(Cc2ccccc2)C2CC(CNC(=O)OC(C)(C)C)C2)n1. The summed E-state index contributed by atoms with van der Waals surface area (Å²) in [4.78, 5) is 32.6. The summed E-state index contributed by atoms with van der Waals surface area (Å²) < 4.78 is 7.10. The number of carbonyl (C=O) groups excluding carboxylic acids is 2. The molecule has 0 saturated heterocycles. The van der Waals surface area contributed by atoms with Gasteiger partial charge in [0.05, 0.1) is 5.56 Å². The molecule has 0 bridgehead atoms. The third-order valence-electron chi connectivity index (χ3n) is 6.67. The van der Waals surface area contributed by atoms with Crippen molar-refractivity contribution in [3.8, 4) is 0 Å². The number of ether oxygens (including phenoxy) is 1. The second kappa shape index (κ2) is 11.2. The minimum atomic E-state index is -0.527. The van der Waals surface area contributed by atoms with Crippen molar-refractivity contribution in [2.75, 3.05) is 16.8 Å². The number of alkyl carbamates (subject to hydrolysis) is 1. The highest BCUT2D eigenvalue weighted by Gasteiger charge is 2.36. The van der Waals surface area contributed by atoms with Crippen LogP contribution < -0.4 is 15.5 Å². The zero-order chi connectivity index (χ0) is 27.4. The monoisotopic (exact) mass is 518 g/mol. The Balaban J connectivity index is 1.53. The van der Waals surface area contributed by atoms with Crippen molar-refractivity contribution in [2.24, 2.45) is 13.0 Å². The van der Waals surface area contributed by atoms with E-state index in [9.17, 15) is 9.59 Å². The Morgan fingerprint density at radius 2 is 1.82 bits per heavy atom.